The Hall–Kier alpha value is -1.35. The Kier molecular flexibility index (Phi) is 4.15. The number of benzene rings is 1. The first kappa shape index (κ1) is 12.1. The highest BCUT2D eigenvalue weighted by molar-refractivity contribution is 5.74. The van der Waals surface area contributed by atoms with Crippen molar-refractivity contribution in [1.82, 2.24) is 0 Å². The maximum absolute atomic E-state index is 11.9. The molecule has 2 N–H and O–H groups in total. The predicted octanol–water partition coefficient (Wildman–Crippen LogP) is 1.23. The van der Waals surface area contributed by atoms with Crippen LogP contribution < -0.4 is 5.32 Å². The minimum atomic E-state index is -0.0691. The monoisotopic (exact) mass is 234 g/mol. The number of quaternary nitrogens is 1. The fourth-order valence-corrected chi connectivity index (χ4v) is 2.28. The Labute approximate surface area is 102 Å². The van der Waals surface area contributed by atoms with E-state index in [4.69, 9.17) is 4.74 Å². The summed E-state index contributed by atoms with van der Waals surface area (Å²) in [7, 11) is 0. The molecule has 0 bridgehead atoms. The van der Waals surface area contributed by atoms with E-state index in [2.05, 4.69) is 12.2 Å². The third kappa shape index (κ3) is 3.56. The van der Waals surface area contributed by atoms with Crippen molar-refractivity contribution in [2.75, 3.05) is 0 Å². The number of carbonyl (C=O) groups is 1. The van der Waals surface area contributed by atoms with Crippen molar-refractivity contribution < 1.29 is 14.8 Å². The smallest absolute Gasteiger partial charge is 0.365 e. The zero-order valence-electron chi connectivity index (χ0n) is 10.3. The molecule has 0 aromatic heterocycles. The normalized spacial score (nSPS) is 24.3. The SMILES string of the molecule is C[C@H]1CCC[C@H](C(=O)OCc2ccccc2)[NH2+]1. The first-order valence-corrected chi connectivity index (χ1v) is 6.31. The van der Waals surface area contributed by atoms with Crippen LogP contribution in [0.15, 0.2) is 30.3 Å². The van der Waals surface area contributed by atoms with Crippen LogP contribution in [0.4, 0.5) is 0 Å². The first-order valence-electron chi connectivity index (χ1n) is 6.31. The van der Waals surface area contributed by atoms with E-state index in [0.29, 0.717) is 12.6 Å². The van der Waals surface area contributed by atoms with Gasteiger partial charge in [-0.2, -0.15) is 0 Å². The van der Waals surface area contributed by atoms with Crippen LogP contribution in [-0.4, -0.2) is 18.1 Å². The number of piperidine rings is 1. The molecule has 0 saturated carbocycles. The number of nitrogens with two attached hydrogens (primary N) is 1. The van der Waals surface area contributed by atoms with Crippen LogP contribution in [0.3, 0.4) is 0 Å². The van der Waals surface area contributed by atoms with Crippen molar-refractivity contribution >= 4 is 5.97 Å². The lowest BCUT2D eigenvalue weighted by Crippen LogP contribution is -2.97. The summed E-state index contributed by atoms with van der Waals surface area (Å²) < 4.78 is 5.35. The lowest BCUT2D eigenvalue weighted by Gasteiger charge is -2.23. The molecule has 17 heavy (non-hydrogen) atoms. The Morgan fingerprint density at radius 1 is 1.35 bits per heavy atom. The van der Waals surface area contributed by atoms with Gasteiger partial charge in [0.05, 0.1) is 6.04 Å². The van der Waals surface area contributed by atoms with Crippen molar-refractivity contribution in [2.45, 2.75) is 44.9 Å². The second-order valence-corrected chi connectivity index (χ2v) is 4.80. The van der Waals surface area contributed by atoms with Gasteiger partial charge in [0, 0.05) is 6.42 Å². The molecule has 1 saturated heterocycles. The van der Waals surface area contributed by atoms with Crippen LogP contribution in [0.2, 0.25) is 0 Å². The first-order chi connectivity index (χ1) is 8.25. The second-order valence-electron chi connectivity index (χ2n) is 4.80. The molecule has 3 nitrogen and oxygen atoms in total. The number of hydrogen-bond donors (Lipinski definition) is 1. The fourth-order valence-electron chi connectivity index (χ4n) is 2.28. The number of rotatable bonds is 3. The van der Waals surface area contributed by atoms with Gasteiger partial charge in [0.2, 0.25) is 0 Å². The molecule has 0 amide bonds. The topological polar surface area (TPSA) is 42.9 Å². The molecule has 0 aliphatic carbocycles. The average molecular weight is 234 g/mol. The summed E-state index contributed by atoms with van der Waals surface area (Å²) in [6.45, 7) is 2.55. The standard InChI is InChI=1S/C14H19NO2/c1-11-6-5-9-13(15-11)14(16)17-10-12-7-3-2-4-8-12/h2-4,7-8,11,13,15H,5-6,9-10H2,1H3/p+1/t11-,13+/m0/s1. The summed E-state index contributed by atoms with van der Waals surface area (Å²) in [5, 5.41) is 2.14. The van der Waals surface area contributed by atoms with Crippen molar-refractivity contribution in [3.8, 4) is 0 Å². The summed E-state index contributed by atoms with van der Waals surface area (Å²) in [5.74, 6) is -0.0691. The highest BCUT2D eigenvalue weighted by Gasteiger charge is 2.29. The largest absolute Gasteiger partial charge is 0.456 e. The maximum atomic E-state index is 11.9. The van der Waals surface area contributed by atoms with E-state index in [1.807, 2.05) is 30.3 Å². The number of hydrogen-bond acceptors (Lipinski definition) is 2. The third-order valence-corrected chi connectivity index (χ3v) is 3.26. The average Bonchev–Trinajstić information content (AvgIpc) is 2.37. The Morgan fingerprint density at radius 3 is 2.82 bits per heavy atom. The van der Waals surface area contributed by atoms with Crippen LogP contribution in [0, 0.1) is 0 Å². The minimum Gasteiger partial charge on any atom is -0.456 e. The molecule has 1 aliphatic heterocycles. The highest BCUT2D eigenvalue weighted by atomic mass is 16.5. The molecule has 1 aromatic carbocycles. The van der Waals surface area contributed by atoms with E-state index in [9.17, 15) is 4.79 Å². The number of esters is 1. The Bertz CT molecular complexity index is 364. The molecule has 1 heterocycles. The molecule has 92 valence electrons. The number of ether oxygens (including phenoxy) is 1. The fraction of sp³-hybridized carbons (Fsp3) is 0.500. The molecule has 2 rings (SSSR count). The van der Waals surface area contributed by atoms with Gasteiger partial charge in [0.25, 0.3) is 0 Å². The van der Waals surface area contributed by atoms with E-state index in [0.717, 1.165) is 18.4 Å². The van der Waals surface area contributed by atoms with Crippen LogP contribution in [0.25, 0.3) is 0 Å². The second kappa shape index (κ2) is 5.82. The summed E-state index contributed by atoms with van der Waals surface area (Å²) >= 11 is 0. The van der Waals surface area contributed by atoms with Crippen LogP contribution in [-0.2, 0) is 16.1 Å². The third-order valence-electron chi connectivity index (χ3n) is 3.26. The van der Waals surface area contributed by atoms with E-state index in [1.54, 1.807) is 0 Å². The lowest BCUT2D eigenvalue weighted by atomic mass is 10.00. The Morgan fingerprint density at radius 2 is 2.12 bits per heavy atom. The molecule has 3 heteroatoms. The van der Waals surface area contributed by atoms with Crippen LogP contribution >= 0.6 is 0 Å². The maximum Gasteiger partial charge on any atom is 0.365 e. The molecule has 0 unspecified atom stereocenters. The van der Waals surface area contributed by atoms with Gasteiger partial charge in [-0.15, -0.1) is 0 Å². The summed E-state index contributed by atoms with van der Waals surface area (Å²) in [6, 6.07) is 10.4. The van der Waals surface area contributed by atoms with E-state index in [1.165, 1.54) is 6.42 Å². The minimum absolute atomic E-state index is 0.00228. The van der Waals surface area contributed by atoms with Gasteiger partial charge in [-0.05, 0) is 25.3 Å². The van der Waals surface area contributed by atoms with Gasteiger partial charge in [-0.3, -0.25) is 0 Å². The quantitative estimate of drug-likeness (QED) is 0.799. The van der Waals surface area contributed by atoms with Gasteiger partial charge in [0.1, 0.15) is 6.61 Å². The lowest BCUT2D eigenvalue weighted by molar-refractivity contribution is -0.716. The molecular weight excluding hydrogens is 214 g/mol. The Balaban J connectivity index is 1.81. The van der Waals surface area contributed by atoms with E-state index in [-0.39, 0.29) is 12.0 Å². The molecule has 1 aliphatic rings. The van der Waals surface area contributed by atoms with Gasteiger partial charge in [0.15, 0.2) is 6.04 Å². The molecule has 0 radical (unpaired) electrons. The van der Waals surface area contributed by atoms with E-state index >= 15 is 0 Å². The zero-order chi connectivity index (χ0) is 12.1. The molecule has 0 spiro atoms. The number of carbonyl (C=O) groups excluding carboxylic acids is 1. The summed E-state index contributed by atoms with van der Waals surface area (Å²) in [4.78, 5) is 11.9. The summed E-state index contributed by atoms with van der Waals surface area (Å²) in [5.41, 5.74) is 1.05. The molecular formula is C14H20NO2+. The van der Waals surface area contributed by atoms with Crippen LogP contribution in [0.5, 0.6) is 0 Å². The van der Waals surface area contributed by atoms with Gasteiger partial charge in [-0.1, -0.05) is 30.3 Å². The predicted molar refractivity (Wildman–Crippen MR) is 65.3 cm³/mol. The molecule has 1 aromatic rings. The van der Waals surface area contributed by atoms with Crippen molar-refractivity contribution in [2.24, 2.45) is 0 Å². The van der Waals surface area contributed by atoms with Crippen molar-refractivity contribution in [3.05, 3.63) is 35.9 Å². The van der Waals surface area contributed by atoms with Gasteiger partial charge in [-0.25, -0.2) is 4.79 Å². The summed E-state index contributed by atoms with van der Waals surface area (Å²) in [6.07, 6.45) is 3.27. The van der Waals surface area contributed by atoms with Crippen LogP contribution in [0.1, 0.15) is 31.7 Å². The van der Waals surface area contributed by atoms with E-state index < -0.39 is 0 Å². The molecule has 2 atom stereocenters. The van der Waals surface area contributed by atoms with Crippen molar-refractivity contribution in [1.29, 1.82) is 0 Å². The highest BCUT2D eigenvalue weighted by Crippen LogP contribution is 2.08. The zero-order valence-corrected chi connectivity index (χ0v) is 10.3. The van der Waals surface area contributed by atoms with Crippen molar-refractivity contribution in [3.63, 3.8) is 0 Å². The van der Waals surface area contributed by atoms with Gasteiger partial charge >= 0.3 is 5.97 Å². The van der Waals surface area contributed by atoms with Gasteiger partial charge < -0.3 is 10.1 Å². The molecule has 1 fully saturated rings.